The Balaban J connectivity index is 2.35. The highest BCUT2D eigenvalue weighted by atomic mass is 16.2. The molecule has 0 aliphatic heterocycles. The minimum absolute atomic E-state index is 0.234. The van der Waals surface area contributed by atoms with Crippen LogP contribution in [-0.2, 0) is 14.1 Å². The number of hydrogen-bond acceptors (Lipinski definition) is 5. The quantitative estimate of drug-likeness (QED) is 0.557. The van der Waals surface area contributed by atoms with Crippen molar-refractivity contribution in [2.75, 3.05) is 0 Å². The summed E-state index contributed by atoms with van der Waals surface area (Å²) in [6.45, 7) is 0. The summed E-state index contributed by atoms with van der Waals surface area (Å²) in [5.74, 6) is 0.393. The van der Waals surface area contributed by atoms with Gasteiger partial charge in [-0.15, -0.1) is 5.10 Å². The van der Waals surface area contributed by atoms with Gasteiger partial charge in [-0.05, 0) is 0 Å². The fraction of sp³-hybridized carbons (Fsp3) is 0.222. The number of nitrogens with one attached hydrogen (secondary N) is 2. The molecule has 9 nitrogen and oxygen atoms in total. The van der Waals surface area contributed by atoms with E-state index in [-0.39, 0.29) is 11.2 Å². The van der Waals surface area contributed by atoms with Crippen molar-refractivity contribution in [1.82, 2.24) is 34.5 Å². The van der Waals surface area contributed by atoms with E-state index in [1.807, 2.05) is 0 Å². The van der Waals surface area contributed by atoms with Gasteiger partial charge in [0.15, 0.2) is 11.5 Å². The number of aryl methyl sites for hydroxylation is 2. The summed E-state index contributed by atoms with van der Waals surface area (Å²) >= 11 is 0. The summed E-state index contributed by atoms with van der Waals surface area (Å²) in [6.07, 6.45) is 1.66. The van der Waals surface area contributed by atoms with E-state index < -0.39 is 11.2 Å². The van der Waals surface area contributed by atoms with Crippen LogP contribution in [0.15, 0.2) is 15.8 Å². The molecule has 0 spiro atoms. The molecule has 2 N–H and O–H groups in total. The van der Waals surface area contributed by atoms with Crippen LogP contribution in [0, 0.1) is 0 Å². The van der Waals surface area contributed by atoms with Gasteiger partial charge in [-0.3, -0.25) is 19.0 Å². The maximum absolute atomic E-state index is 11.6. The Bertz CT molecular complexity index is 850. The lowest BCUT2D eigenvalue weighted by atomic mass is 10.5. The second-order valence-corrected chi connectivity index (χ2v) is 3.88. The van der Waals surface area contributed by atoms with Gasteiger partial charge >= 0.3 is 5.69 Å². The van der Waals surface area contributed by atoms with Crippen molar-refractivity contribution in [3.8, 4) is 11.5 Å². The first-order chi connectivity index (χ1) is 8.56. The van der Waals surface area contributed by atoms with Gasteiger partial charge in [0.2, 0.25) is 0 Å². The van der Waals surface area contributed by atoms with Crippen LogP contribution in [0.25, 0.3) is 22.7 Å². The van der Waals surface area contributed by atoms with E-state index in [0.717, 1.165) is 0 Å². The second-order valence-electron chi connectivity index (χ2n) is 3.88. The molecule has 3 aromatic heterocycles. The fourth-order valence-corrected chi connectivity index (χ4v) is 1.68. The largest absolute Gasteiger partial charge is 0.331 e. The van der Waals surface area contributed by atoms with Gasteiger partial charge in [0, 0.05) is 14.1 Å². The molecule has 18 heavy (non-hydrogen) atoms. The fourth-order valence-electron chi connectivity index (χ4n) is 1.68. The van der Waals surface area contributed by atoms with Gasteiger partial charge < -0.3 is 4.98 Å². The maximum atomic E-state index is 11.6. The monoisotopic (exact) mass is 247 g/mol. The van der Waals surface area contributed by atoms with E-state index in [4.69, 9.17) is 0 Å². The molecule has 0 radical (unpaired) electrons. The summed E-state index contributed by atoms with van der Waals surface area (Å²) in [6, 6.07) is 0. The Morgan fingerprint density at radius 3 is 2.67 bits per heavy atom. The first-order valence-electron chi connectivity index (χ1n) is 5.12. The van der Waals surface area contributed by atoms with Crippen molar-refractivity contribution in [3.63, 3.8) is 0 Å². The van der Waals surface area contributed by atoms with E-state index in [2.05, 4.69) is 25.3 Å². The Labute approximate surface area is 99.1 Å². The van der Waals surface area contributed by atoms with Crippen molar-refractivity contribution < 1.29 is 0 Å². The summed E-state index contributed by atoms with van der Waals surface area (Å²) in [5, 5.41) is 7.66. The predicted molar refractivity (Wildman–Crippen MR) is 62.0 cm³/mol. The SMILES string of the molecule is Cn1cc(-c2nc3c([nH]2)c(=O)[nH]c(=O)n3C)nn1. The normalized spacial score (nSPS) is 11.2. The number of H-pyrrole nitrogens is 2. The van der Waals surface area contributed by atoms with Gasteiger partial charge in [0.1, 0.15) is 11.2 Å². The number of aromatic amines is 2. The third kappa shape index (κ3) is 1.37. The lowest BCUT2D eigenvalue weighted by Gasteiger charge is -1.94. The molecule has 0 aromatic carbocycles. The molecule has 92 valence electrons. The van der Waals surface area contributed by atoms with Gasteiger partial charge in [0.05, 0.1) is 6.20 Å². The molecule has 0 aliphatic rings. The lowest BCUT2D eigenvalue weighted by Crippen LogP contribution is -2.28. The molecule has 9 heteroatoms. The van der Waals surface area contributed by atoms with Crippen LogP contribution in [0.2, 0.25) is 0 Å². The van der Waals surface area contributed by atoms with Crippen LogP contribution >= 0.6 is 0 Å². The van der Waals surface area contributed by atoms with Crippen molar-refractivity contribution >= 4 is 11.2 Å². The first-order valence-corrected chi connectivity index (χ1v) is 5.12. The highest BCUT2D eigenvalue weighted by Crippen LogP contribution is 2.14. The molecule has 3 heterocycles. The number of aromatic nitrogens is 7. The topological polar surface area (TPSA) is 114 Å². The molecule has 0 amide bonds. The third-order valence-corrected chi connectivity index (χ3v) is 2.60. The van der Waals surface area contributed by atoms with Crippen LogP contribution in [0.1, 0.15) is 0 Å². The van der Waals surface area contributed by atoms with Crippen LogP contribution in [0.4, 0.5) is 0 Å². The highest BCUT2D eigenvalue weighted by molar-refractivity contribution is 5.74. The second kappa shape index (κ2) is 3.39. The Morgan fingerprint density at radius 2 is 2.00 bits per heavy atom. The van der Waals surface area contributed by atoms with Crippen LogP contribution in [0.3, 0.4) is 0 Å². The van der Waals surface area contributed by atoms with Crippen molar-refractivity contribution in [2.45, 2.75) is 0 Å². The van der Waals surface area contributed by atoms with Crippen molar-refractivity contribution in [1.29, 1.82) is 0 Å². The Kier molecular flexibility index (Phi) is 1.97. The lowest BCUT2D eigenvalue weighted by molar-refractivity contribution is 0.715. The predicted octanol–water partition coefficient (Wildman–Crippen LogP) is -1.25. The number of nitrogens with zero attached hydrogens (tertiary/aromatic N) is 5. The molecule has 0 fully saturated rings. The van der Waals surface area contributed by atoms with Crippen LogP contribution in [0.5, 0.6) is 0 Å². The molecule has 0 unspecified atom stereocenters. The zero-order chi connectivity index (χ0) is 12.9. The van der Waals surface area contributed by atoms with E-state index in [1.165, 1.54) is 16.3 Å². The van der Waals surface area contributed by atoms with Crippen LogP contribution < -0.4 is 11.2 Å². The number of imidazole rings is 1. The van der Waals surface area contributed by atoms with E-state index in [1.54, 1.807) is 13.2 Å². The Morgan fingerprint density at radius 1 is 1.22 bits per heavy atom. The van der Waals surface area contributed by atoms with E-state index in [9.17, 15) is 9.59 Å². The summed E-state index contributed by atoms with van der Waals surface area (Å²) < 4.78 is 2.78. The zero-order valence-electron chi connectivity index (χ0n) is 9.63. The molecule has 0 saturated heterocycles. The minimum atomic E-state index is -0.510. The summed E-state index contributed by atoms with van der Waals surface area (Å²) in [7, 11) is 3.25. The van der Waals surface area contributed by atoms with Crippen molar-refractivity contribution in [3.05, 3.63) is 27.0 Å². The smallest absolute Gasteiger partial charge is 0.329 e. The number of fused-ring (bicyclic) bond motifs is 1. The number of rotatable bonds is 1. The Hall–Kier alpha value is -2.71. The van der Waals surface area contributed by atoms with Gasteiger partial charge in [-0.25, -0.2) is 9.78 Å². The van der Waals surface area contributed by atoms with Gasteiger partial charge in [0.25, 0.3) is 5.56 Å². The van der Waals surface area contributed by atoms with Gasteiger partial charge in [-0.2, -0.15) is 0 Å². The maximum Gasteiger partial charge on any atom is 0.329 e. The first kappa shape index (κ1) is 10.4. The highest BCUT2D eigenvalue weighted by Gasteiger charge is 2.13. The third-order valence-electron chi connectivity index (χ3n) is 2.60. The number of hydrogen-bond donors (Lipinski definition) is 2. The van der Waals surface area contributed by atoms with Crippen LogP contribution in [-0.4, -0.2) is 34.5 Å². The molecular weight excluding hydrogens is 238 g/mol. The summed E-state index contributed by atoms with van der Waals surface area (Å²) in [4.78, 5) is 32.3. The average molecular weight is 247 g/mol. The van der Waals surface area contributed by atoms with Crippen molar-refractivity contribution in [2.24, 2.45) is 14.1 Å². The molecular formula is C9H9N7O2. The van der Waals surface area contributed by atoms with Gasteiger partial charge in [-0.1, -0.05) is 5.21 Å². The summed E-state index contributed by atoms with van der Waals surface area (Å²) in [5.41, 5.74) is 0.00291. The molecule has 3 rings (SSSR count). The van der Waals surface area contributed by atoms with E-state index >= 15 is 0 Å². The molecule has 0 bridgehead atoms. The standard InChI is InChI=1S/C9H9N7O2/c1-15-3-4(13-14-15)6-10-5-7(11-6)16(2)9(18)12-8(5)17/h3H,1-2H3,(H,10,11)(H,12,17,18). The molecule has 0 atom stereocenters. The zero-order valence-corrected chi connectivity index (χ0v) is 9.63. The molecule has 0 saturated carbocycles. The minimum Gasteiger partial charge on any atom is -0.331 e. The molecule has 3 aromatic rings. The average Bonchev–Trinajstić information content (AvgIpc) is 2.92. The van der Waals surface area contributed by atoms with E-state index in [0.29, 0.717) is 11.5 Å². The molecule has 0 aliphatic carbocycles.